The van der Waals surface area contributed by atoms with Crippen LogP contribution < -0.4 is 5.32 Å². The van der Waals surface area contributed by atoms with Crippen LogP contribution in [0.5, 0.6) is 0 Å². The summed E-state index contributed by atoms with van der Waals surface area (Å²) in [6.07, 6.45) is -5.04. The molecule has 0 spiro atoms. The Hall–Kier alpha value is -0.300. The Balaban J connectivity index is 2.26. The second-order valence-corrected chi connectivity index (χ2v) is 6.06. The second-order valence-electron chi connectivity index (χ2n) is 4.79. The maximum atomic E-state index is 12.8. The summed E-state index contributed by atoms with van der Waals surface area (Å²) >= 11 is 9.19. The number of halogens is 5. The molecule has 2 rings (SSSR count). The molecule has 0 amide bonds. The van der Waals surface area contributed by atoms with Crippen LogP contribution in [-0.2, 0) is 0 Å². The van der Waals surface area contributed by atoms with Crippen LogP contribution in [-0.4, -0.2) is 37.3 Å². The lowest BCUT2D eigenvalue weighted by Crippen LogP contribution is -2.46. The van der Waals surface area contributed by atoms with Gasteiger partial charge in [0.15, 0.2) is 0 Å². The van der Waals surface area contributed by atoms with Gasteiger partial charge in [-0.1, -0.05) is 17.7 Å². The molecule has 0 unspecified atom stereocenters. The Kier molecular flexibility index (Phi) is 5.34. The number of nitrogens with zero attached hydrogens (tertiary/aromatic N) is 1. The molecular formula is C13H15BrClF3N2. The summed E-state index contributed by atoms with van der Waals surface area (Å²) in [5.41, 5.74) is 0.639. The van der Waals surface area contributed by atoms with Gasteiger partial charge in [-0.25, -0.2) is 0 Å². The molecule has 1 N–H and O–H groups in total. The SMILES string of the molecule is FC(F)(F)C[C@@H](c1ccc(Cl)c(Br)c1)N1CCNCC1. The van der Waals surface area contributed by atoms with E-state index in [4.69, 9.17) is 11.6 Å². The van der Waals surface area contributed by atoms with E-state index in [1.54, 1.807) is 18.2 Å². The number of hydrogen-bond donors (Lipinski definition) is 1. The fraction of sp³-hybridized carbons (Fsp3) is 0.538. The number of benzene rings is 1. The van der Waals surface area contributed by atoms with E-state index in [1.165, 1.54) is 0 Å². The van der Waals surface area contributed by atoms with Crippen LogP contribution in [0.4, 0.5) is 13.2 Å². The first-order valence-corrected chi connectivity index (χ1v) is 7.50. The van der Waals surface area contributed by atoms with Crippen molar-refractivity contribution in [1.82, 2.24) is 10.2 Å². The molecule has 1 aromatic carbocycles. The summed E-state index contributed by atoms with van der Waals surface area (Å²) in [6, 6.07) is 4.32. The molecule has 20 heavy (non-hydrogen) atoms. The van der Waals surface area contributed by atoms with Crippen molar-refractivity contribution < 1.29 is 13.2 Å². The second kappa shape index (κ2) is 6.64. The van der Waals surface area contributed by atoms with Crippen LogP contribution in [0.15, 0.2) is 22.7 Å². The molecule has 0 aromatic heterocycles. The van der Waals surface area contributed by atoms with Gasteiger partial charge in [-0.05, 0) is 33.6 Å². The van der Waals surface area contributed by atoms with E-state index in [2.05, 4.69) is 21.2 Å². The molecule has 1 heterocycles. The normalized spacial score (nSPS) is 19.1. The van der Waals surface area contributed by atoms with Crippen molar-refractivity contribution in [2.24, 2.45) is 0 Å². The van der Waals surface area contributed by atoms with Gasteiger partial charge in [0, 0.05) is 36.7 Å². The molecule has 0 saturated carbocycles. The van der Waals surface area contributed by atoms with E-state index >= 15 is 0 Å². The Bertz CT molecular complexity index is 461. The Labute approximate surface area is 129 Å². The third kappa shape index (κ3) is 4.35. The molecule has 1 saturated heterocycles. The minimum absolute atomic E-state index is 0.500. The highest BCUT2D eigenvalue weighted by atomic mass is 79.9. The monoisotopic (exact) mass is 370 g/mol. The molecule has 0 bridgehead atoms. The highest BCUT2D eigenvalue weighted by Gasteiger charge is 2.36. The van der Waals surface area contributed by atoms with Crippen LogP contribution in [0.3, 0.4) is 0 Å². The Morgan fingerprint density at radius 3 is 2.50 bits per heavy atom. The van der Waals surface area contributed by atoms with Gasteiger partial charge >= 0.3 is 6.18 Å². The number of nitrogens with one attached hydrogen (secondary N) is 1. The van der Waals surface area contributed by atoms with E-state index in [9.17, 15) is 13.2 Å². The molecule has 1 aliphatic heterocycles. The highest BCUT2D eigenvalue weighted by molar-refractivity contribution is 9.10. The standard InChI is InChI=1S/C13H15BrClF3N2/c14-10-7-9(1-2-11(10)15)12(8-13(16,17)18)20-5-3-19-4-6-20/h1-2,7,12,19H,3-6,8H2/t12-/m0/s1. The van der Waals surface area contributed by atoms with Gasteiger partial charge in [-0.3, -0.25) is 4.90 Å². The fourth-order valence-electron chi connectivity index (χ4n) is 2.39. The number of hydrogen-bond acceptors (Lipinski definition) is 2. The van der Waals surface area contributed by atoms with Crippen molar-refractivity contribution in [1.29, 1.82) is 0 Å². The van der Waals surface area contributed by atoms with Crippen molar-refractivity contribution in [2.75, 3.05) is 26.2 Å². The van der Waals surface area contributed by atoms with Gasteiger partial charge in [-0.15, -0.1) is 0 Å². The minimum Gasteiger partial charge on any atom is -0.314 e. The molecule has 1 atom stereocenters. The summed E-state index contributed by atoms with van der Waals surface area (Å²) in [5, 5.41) is 3.65. The molecule has 1 aliphatic rings. The maximum Gasteiger partial charge on any atom is 0.390 e. The van der Waals surface area contributed by atoms with Crippen LogP contribution in [0.25, 0.3) is 0 Å². The van der Waals surface area contributed by atoms with Gasteiger partial charge in [0.05, 0.1) is 11.4 Å². The van der Waals surface area contributed by atoms with Crippen LogP contribution >= 0.6 is 27.5 Å². The van der Waals surface area contributed by atoms with Gasteiger partial charge < -0.3 is 5.32 Å². The van der Waals surface area contributed by atoms with Crippen molar-refractivity contribution in [3.05, 3.63) is 33.3 Å². The van der Waals surface area contributed by atoms with Gasteiger partial charge in [0.25, 0.3) is 0 Å². The lowest BCUT2D eigenvalue weighted by Gasteiger charge is -2.35. The molecular weight excluding hydrogens is 357 g/mol. The quantitative estimate of drug-likeness (QED) is 0.864. The minimum atomic E-state index is -4.19. The Morgan fingerprint density at radius 1 is 1.30 bits per heavy atom. The van der Waals surface area contributed by atoms with Gasteiger partial charge in [0.1, 0.15) is 0 Å². The molecule has 0 aliphatic carbocycles. The lowest BCUT2D eigenvalue weighted by molar-refractivity contribution is -0.148. The average molecular weight is 372 g/mol. The summed E-state index contributed by atoms with van der Waals surface area (Å²) in [4.78, 5) is 1.87. The van der Waals surface area contributed by atoms with Crippen molar-refractivity contribution in [3.8, 4) is 0 Å². The lowest BCUT2D eigenvalue weighted by atomic mass is 10.0. The maximum absolute atomic E-state index is 12.8. The zero-order chi connectivity index (χ0) is 14.8. The summed E-state index contributed by atoms with van der Waals surface area (Å²) in [5.74, 6) is 0. The first-order chi connectivity index (χ1) is 9.37. The number of alkyl halides is 3. The third-order valence-corrected chi connectivity index (χ3v) is 4.56. The van der Waals surface area contributed by atoms with Crippen molar-refractivity contribution in [3.63, 3.8) is 0 Å². The van der Waals surface area contributed by atoms with Gasteiger partial charge in [-0.2, -0.15) is 13.2 Å². The predicted molar refractivity (Wildman–Crippen MR) is 77.0 cm³/mol. The van der Waals surface area contributed by atoms with Crippen LogP contribution in [0.2, 0.25) is 5.02 Å². The summed E-state index contributed by atoms with van der Waals surface area (Å²) in [7, 11) is 0. The molecule has 1 fully saturated rings. The largest absolute Gasteiger partial charge is 0.390 e. The molecule has 0 radical (unpaired) electrons. The fourth-order valence-corrected chi connectivity index (χ4v) is 2.90. The summed E-state index contributed by atoms with van der Waals surface area (Å²) in [6.45, 7) is 2.65. The predicted octanol–water partition coefficient (Wildman–Crippen LogP) is 4.00. The number of rotatable bonds is 3. The third-order valence-electron chi connectivity index (χ3n) is 3.35. The summed E-state index contributed by atoms with van der Waals surface area (Å²) < 4.78 is 39.2. The zero-order valence-corrected chi connectivity index (χ0v) is 13.0. The van der Waals surface area contributed by atoms with Crippen LogP contribution in [0, 0.1) is 0 Å². The van der Waals surface area contributed by atoms with E-state index < -0.39 is 18.6 Å². The van der Waals surface area contributed by atoms with E-state index in [-0.39, 0.29) is 0 Å². The molecule has 1 aromatic rings. The van der Waals surface area contributed by atoms with E-state index in [1.807, 2.05) is 4.90 Å². The Morgan fingerprint density at radius 2 is 1.95 bits per heavy atom. The van der Waals surface area contributed by atoms with E-state index in [0.29, 0.717) is 41.2 Å². The molecule has 7 heteroatoms. The van der Waals surface area contributed by atoms with Gasteiger partial charge in [0.2, 0.25) is 0 Å². The molecule has 112 valence electrons. The molecule has 2 nitrogen and oxygen atoms in total. The van der Waals surface area contributed by atoms with Crippen molar-refractivity contribution >= 4 is 27.5 Å². The zero-order valence-electron chi connectivity index (χ0n) is 10.7. The first-order valence-electron chi connectivity index (χ1n) is 6.33. The van der Waals surface area contributed by atoms with E-state index in [0.717, 1.165) is 0 Å². The smallest absolute Gasteiger partial charge is 0.314 e. The highest BCUT2D eigenvalue weighted by Crippen LogP contribution is 2.36. The first kappa shape index (κ1) is 16.1. The topological polar surface area (TPSA) is 15.3 Å². The average Bonchev–Trinajstić information content (AvgIpc) is 2.39. The van der Waals surface area contributed by atoms with Crippen molar-refractivity contribution in [2.45, 2.75) is 18.6 Å². The number of piperazine rings is 1. The van der Waals surface area contributed by atoms with Crippen LogP contribution in [0.1, 0.15) is 18.0 Å².